The molecule has 1 heteroatoms. The molecule has 0 atom stereocenters. The zero-order valence-corrected chi connectivity index (χ0v) is 21.4. The summed E-state index contributed by atoms with van der Waals surface area (Å²) in [6.45, 7) is 9.15. The van der Waals surface area contributed by atoms with E-state index in [0.717, 1.165) is 0 Å². The number of unbranched alkanes of at least 4 members (excludes halogenated alkanes) is 8. The molecule has 0 aliphatic rings. The molecule has 170 valence electrons. The van der Waals surface area contributed by atoms with Crippen LogP contribution in [0.1, 0.15) is 105 Å². The normalized spacial score (nSPS) is 13.7. The summed E-state index contributed by atoms with van der Waals surface area (Å²) in [7, 11) is -1.38. The summed E-state index contributed by atoms with van der Waals surface area (Å²) in [4.78, 5) is 0. The van der Waals surface area contributed by atoms with Crippen LogP contribution in [-0.4, -0.2) is 24.6 Å². The standard InChI is InChI=1S/C28H53P/c1-5-9-13-17-21-25-29(26-22-18-14-10-6-2,27-23-19-15-11-7-3)28-24-20-16-12-8-4/h17-24,29H,5-16,25-28H2,1-4H3/b21-17+,22-18+,23-19+,24-20+. The van der Waals surface area contributed by atoms with Gasteiger partial charge < -0.3 is 0 Å². The van der Waals surface area contributed by atoms with E-state index in [1.54, 1.807) is 0 Å². The van der Waals surface area contributed by atoms with Crippen molar-refractivity contribution in [3.63, 3.8) is 0 Å². The molecular weight excluding hydrogens is 367 g/mol. The molecule has 0 aromatic carbocycles. The Hall–Kier alpha value is -0.610. The van der Waals surface area contributed by atoms with E-state index in [-0.39, 0.29) is 0 Å². The van der Waals surface area contributed by atoms with Crippen molar-refractivity contribution >= 4 is 7.26 Å². The van der Waals surface area contributed by atoms with Crippen molar-refractivity contribution in [2.24, 2.45) is 0 Å². The first-order chi connectivity index (χ1) is 14.2. The molecule has 0 aromatic rings. The molecule has 29 heavy (non-hydrogen) atoms. The van der Waals surface area contributed by atoms with Crippen molar-refractivity contribution in [3.05, 3.63) is 48.6 Å². The predicted molar refractivity (Wildman–Crippen MR) is 142 cm³/mol. The number of allylic oxidation sites excluding steroid dienone is 8. The van der Waals surface area contributed by atoms with Crippen LogP contribution in [0.4, 0.5) is 0 Å². The van der Waals surface area contributed by atoms with Gasteiger partial charge in [-0.25, -0.2) is 0 Å². The zero-order valence-electron chi connectivity index (χ0n) is 20.4. The van der Waals surface area contributed by atoms with Crippen molar-refractivity contribution in [3.8, 4) is 0 Å². The van der Waals surface area contributed by atoms with Crippen molar-refractivity contribution in [1.29, 1.82) is 0 Å². The second-order valence-electron chi connectivity index (χ2n) is 8.77. The van der Waals surface area contributed by atoms with Gasteiger partial charge in [0.2, 0.25) is 0 Å². The molecule has 0 bridgehead atoms. The summed E-state index contributed by atoms with van der Waals surface area (Å²) < 4.78 is 0. The van der Waals surface area contributed by atoms with Crippen LogP contribution in [0.15, 0.2) is 48.6 Å². The Morgan fingerprint density at radius 2 is 0.621 bits per heavy atom. The first-order valence-corrected chi connectivity index (χ1v) is 15.7. The summed E-state index contributed by atoms with van der Waals surface area (Å²) in [5.41, 5.74) is 0. The molecule has 0 saturated carbocycles. The predicted octanol–water partition coefficient (Wildman–Crippen LogP) is 9.72. The molecule has 0 aliphatic heterocycles. The molecule has 0 radical (unpaired) electrons. The Morgan fingerprint density at radius 3 is 0.828 bits per heavy atom. The molecule has 0 nitrogen and oxygen atoms in total. The molecule has 0 N–H and O–H groups in total. The molecule has 0 unspecified atom stereocenters. The van der Waals surface area contributed by atoms with Gasteiger partial charge in [0.1, 0.15) is 0 Å². The van der Waals surface area contributed by atoms with E-state index in [9.17, 15) is 0 Å². The van der Waals surface area contributed by atoms with Gasteiger partial charge in [-0.1, -0.05) is 0 Å². The second-order valence-corrected chi connectivity index (χ2v) is 13.4. The Labute approximate surface area is 185 Å². The fraction of sp³-hybridized carbons (Fsp3) is 0.714. The van der Waals surface area contributed by atoms with Gasteiger partial charge in [0.15, 0.2) is 0 Å². The van der Waals surface area contributed by atoms with Gasteiger partial charge in [-0.05, 0) is 0 Å². The molecule has 0 amide bonds. The van der Waals surface area contributed by atoms with Crippen LogP contribution in [0, 0.1) is 0 Å². The maximum atomic E-state index is 2.54. The average molecular weight is 421 g/mol. The molecule has 0 rings (SSSR count). The Kier molecular flexibility index (Phi) is 21.6. The van der Waals surface area contributed by atoms with Crippen molar-refractivity contribution in [2.75, 3.05) is 24.6 Å². The van der Waals surface area contributed by atoms with E-state index in [4.69, 9.17) is 0 Å². The first kappa shape index (κ1) is 28.4. The number of hydrogen-bond acceptors (Lipinski definition) is 0. The maximum absolute atomic E-state index is 2.54. The van der Waals surface area contributed by atoms with Crippen LogP contribution in [0.25, 0.3) is 0 Å². The fourth-order valence-corrected chi connectivity index (χ4v) is 7.26. The van der Waals surface area contributed by atoms with E-state index in [2.05, 4.69) is 76.3 Å². The van der Waals surface area contributed by atoms with Gasteiger partial charge in [-0.2, -0.15) is 0 Å². The molecule has 0 aromatic heterocycles. The van der Waals surface area contributed by atoms with Crippen LogP contribution < -0.4 is 0 Å². The summed E-state index contributed by atoms with van der Waals surface area (Å²) >= 11 is 0. The van der Waals surface area contributed by atoms with Gasteiger partial charge in [-0.3, -0.25) is 0 Å². The van der Waals surface area contributed by atoms with Gasteiger partial charge in [0, 0.05) is 0 Å². The Bertz CT molecular complexity index is 356. The topological polar surface area (TPSA) is 0 Å². The minimum atomic E-state index is -1.38. The van der Waals surface area contributed by atoms with E-state index in [1.165, 1.54) is 102 Å². The monoisotopic (exact) mass is 420 g/mol. The average Bonchev–Trinajstić information content (AvgIpc) is 2.73. The van der Waals surface area contributed by atoms with Crippen LogP contribution in [0.3, 0.4) is 0 Å². The van der Waals surface area contributed by atoms with E-state index < -0.39 is 7.26 Å². The van der Waals surface area contributed by atoms with Crippen LogP contribution in [-0.2, 0) is 0 Å². The summed E-state index contributed by atoms with van der Waals surface area (Å²) in [6, 6.07) is 0. The number of hydrogen-bond donors (Lipinski definition) is 0. The third kappa shape index (κ3) is 17.9. The molecule has 0 heterocycles. The van der Waals surface area contributed by atoms with E-state index >= 15 is 0 Å². The van der Waals surface area contributed by atoms with Gasteiger partial charge in [-0.15, -0.1) is 0 Å². The Morgan fingerprint density at radius 1 is 0.379 bits per heavy atom. The van der Waals surface area contributed by atoms with Crippen LogP contribution in [0.2, 0.25) is 0 Å². The molecule has 0 saturated heterocycles. The minimum absolute atomic E-state index is 1.26. The third-order valence-corrected chi connectivity index (χ3v) is 10.2. The second kappa shape index (κ2) is 22.1. The SMILES string of the molecule is CCCC/C=C/C[PH](C/C=C/CCCC)(C/C=C/CCCC)C/C=C/CCCC. The summed E-state index contributed by atoms with van der Waals surface area (Å²) in [5, 5.41) is 0. The van der Waals surface area contributed by atoms with Crippen molar-refractivity contribution < 1.29 is 0 Å². The van der Waals surface area contributed by atoms with Crippen LogP contribution >= 0.6 is 7.26 Å². The zero-order chi connectivity index (χ0) is 21.5. The first-order valence-electron chi connectivity index (χ1n) is 12.8. The molecule has 0 aliphatic carbocycles. The quantitative estimate of drug-likeness (QED) is 0.104. The molecular formula is C28H53P. The number of rotatable bonds is 20. The van der Waals surface area contributed by atoms with Gasteiger partial charge in [0.25, 0.3) is 0 Å². The Balaban J connectivity index is 5.15. The van der Waals surface area contributed by atoms with Gasteiger partial charge >= 0.3 is 185 Å². The summed E-state index contributed by atoms with van der Waals surface area (Å²) in [5.74, 6) is 0. The van der Waals surface area contributed by atoms with Crippen LogP contribution in [0.5, 0.6) is 0 Å². The van der Waals surface area contributed by atoms with E-state index in [1.807, 2.05) is 0 Å². The molecule has 0 fully saturated rings. The van der Waals surface area contributed by atoms with Crippen molar-refractivity contribution in [2.45, 2.75) is 105 Å². The van der Waals surface area contributed by atoms with Crippen molar-refractivity contribution in [1.82, 2.24) is 0 Å². The molecule has 0 spiro atoms. The third-order valence-electron chi connectivity index (χ3n) is 5.77. The fourth-order valence-electron chi connectivity index (χ4n) is 3.59. The van der Waals surface area contributed by atoms with Gasteiger partial charge in [0.05, 0.1) is 0 Å². The van der Waals surface area contributed by atoms with E-state index in [0.29, 0.717) is 0 Å². The summed E-state index contributed by atoms with van der Waals surface area (Å²) in [6.07, 6.45) is 40.9.